The van der Waals surface area contributed by atoms with Gasteiger partial charge in [0.05, 0.1) is 5.56 Å². The summed E-state index contributed by atoms with van der Waals surface area (Å²) < 4.78 is 0. The van der Waals surface area contributed by atoms with Crippen LogP contribution < -0.4 is 5.32 Å². The Morgan fingerprint density at radius 2 is 1.48 bits per heavy atom. The van der Waals surface area contributed by atoms with Crippen molar-refractivity contribution in [2.45, 2.75) is 84.0 Å². The molecular weight excluding hydrogens is 316 g/mol. The lowest BCUT2D eigenvalue weighted by atomic mass is 10.1. The Kier molecular flexibility index (Phi) is 11.3. The second-order valence-electron chi connectivity index (χ2n) is 6.57. The van der Waals surface area contributed by atoms with Gasteiger partial charge in [-0.1, -0.05) is 71.1 Å². The number of hydrogen-bond donors (Lipinski definition) is 2. The van der Waals surface area contributed by atoms with Crippen LogP contribution in [0.3, 0.4) is 0 Å². The van der Waals surface area contributed by atoms with E-state index in [2.05, 4.69) is 17.2 Å². The van der Waals surface area contributed by atoms with Crippen LogP contribution in [0, 0.1) is 0 Å². The van der Waals surface area contributed by atoms with Crippen LogP contribution in [0.2, 0.25) is 0 Å². The number of carboxylic acid groups (broad SMARTS) is 1. The molecule has 0 saturated carbocycles. The Labute approximate surface area is 151 Å². The quantitative estimate of drug-likeness (QED) is 0.440. The second kappa shape index (κ2) is 13.4. The van der Waals surface area contributed by atoms with Crippen molar-refractivity contribution in [2.75, 3.05) is 5.32 Å². The van der Waals surface area contributed by atoms with Crippen LogP contribution in [0.4, 0.5) is 5.82 Å². The van der Waals surface area contributed by atoms with Gasteiger partial charge in [0.25, 0.3) is 0 Å². The highest BCUT2D eigenvalue weighted by Gasteiger charge is 2.06. The number of rotatable bonds is 14. The molecule has 1 aromatic heterocycles. The number of pyridine rings is 1. The van der Waals surface area contributed by atoms with Crippen LogP contribution in [-0.2, 0) is 4.79 Å². The van der Waals surface area contributed by atoms with Crippen molar-refractivity contribution in [1.29, 1.82) is 0 Å². The number of carbonyl (C=O) groups excluding carboxylic acids is 1. The van der Waals surface area contributed by atoms with Gasteiger partial charge in [-0.25, -0.2) is 9.78 Å². The summed E-state index contributed by atoms with van der Waals surface area (Å²) in [5.41, 5.74) is 0.114. The highest BCUT2D eigenvalue weighted by atomic mass is 16.4. The molecule has 0 unspecified atom stereocenters. The average Bonchev–Trinajstić information content (AvgIpc) is 2.60. The average molecular weight is 348 g/mol. The van der Waals surface area contributed by atoms with Crippen molar-refractivity contribution in [3.8, 4) is 0 Å². The molecule has 2 N–H and O–H groups in total. The van der Waals surface area contributed by atoms with Gasteiger partial charge in [0.15, 0.2) is 0 Å². The minimum absolute atomic E-state index is 0.0634. The van der Waals surface area contributed by atoms with Crippen molar-refractivity contribution in [2.24, 2.45) is 0 Å². The zero-order chi connectivity index (χ0) is 18.3. The van der Waals surface area contributed by atoms with Crippen LogP contribution in [0.25, 0.3) is 0 Å². The molecule has 0 aliphatic carbocycles. The van der Waals surface area contributed by atoms with E-state index in [1.54, 1.807) is 0 Å². The van der Waals surface area contributed by atoms with Crippen LogP contribution in [0.1, 0.15) is 94.3 Å². The summed E-state index contributed by atoms with van der Waals surface area (Å²) in [5.74, 6) is -0.684. The number of carbonyl (C=O) groups is 2. The van der Waals surface area contributed by atoms with E-state index in [4.69, 9.17) is 5.11 Å². The number of unbranched alkanes of at least 4 members (excludes halogenated alkanes) is 10. The monoisotopic (exact) mass is 348 g/mol. The minimum Gasteiger partial charge on any atom is -0.478 e. The fourth-order valence-electron chi connectivity index (χ4n) is 2.75. The third-order valence-corrected chi connectivity index (χ3v) is 4.29. The van der Waals surface area contributed by atoms with Crippen LogP contribution in [-0.4, -0.2) is 22.0 Å². The second-order valence-corrected chi connectivity index (χ2v) is 6.57. The molecule has 5 heteroatoms. The van der Waals surface area contributed by atoms with E-state index in [1.165, 1.54) is 76.1 Å². The number of aromatic carboxylic acids is 1. The fraction of sp³-hybridized carbons (Fsp3) is 0.650. The maximum Gasteiger partial charge on any atom is 0.337 e. The van der Waals surface area contributed by atoms with Crippen LogP contribution >= 0.6 is 0 Å². The van der Waals surface area contributed by atoms with Gasteiger partial charge >= 0.3 is 5.97 Å². The van der Waals surface area contributed by atoms with Gasteiger partial charge in [-0.3, -0.25) is 4.79 Å². The molecule has 1 heterocycles. The van der Waals surface area contributed by atoms with Crippen molar-refractivity contribution in [1.82, 2.24) is 4.98 Å². The third-order valence-electron chi connectivity index (χ3n) is 4.29. The third kappa shape index (κ3) is 10.5. The van der Waals surface area contributed by atoms with E-state index >= 15 is 0 Å². The summed E-state index contributed by atoms with van der Waals surface area (Å²) in [4.78, 5) is 26.5. The molecule has 140 valence electrons. The van der Waals surface area contributed by atoms with Crippen molar-refractivity contribution < 1.29 is 14.7 Å². The predicted octanol–water partition coefficient (Wildman–Crippen LogP) is 5.42. The van der Waals surface area contributed by atoms with Gasteiger partial charge in [0.1, 0.15) is 5.82 Å². The lowest BCUT2D eigenvalue weighted by Crippen LogP contribution is -2.12. The first kappa shape index (κ1) is 21.1. The number of hydrogen-bond acceptors (Lipinski definition) is 3. The number of amides is 1. The molecule has 0 fully saturated rings. The molecule has 0 saturated heterocycles. The molecule has 1 aromatic rings. The maximum atomic E-state index is 11.8. The Hall–Kier alpha value is -1.91. The highest BCUT2D eigenvalue weighted by Crippen LogP contribution is 2.12. The number of nitrogens with one attached hydrogen (secondary N) is 1. The SMILES string of the molecule is CCCCCCCCCCCCCC(=O)Nc1ccc(C(=O)O)cn1. The van der Waals surface area contributed by atoms with Gasteiger partial charge in [0, 0.05) is 12.6 Å². The molecule has 0 aromatic carbocycles. The standard InChI is InChI=1S/C20H32N2O3/c1-2-3-4-5-6-7-8-9-10-11-12-13-19(23)22-18-15-14-17(16-21-18)20(24)25/h14-16H,2-13H2,1H3,(H,24,25)(H,21,22,23). The van der Waals surface area contributed by atoms with E-state index in [0.29, 0.717) is 12.2 Å². The van der Waals surface area contributed by atoms with Crippen LogP contribution in [0.5, 0.6) is 0 Å². The highest BCUT2D eigenvalue weighted by molar-refractivity contribution is 5.91. The molecule has 0 radical (unpaired) electrons. The Morgan fingerprint density at radius 3 is 1.96 bits per heavy atom. The molecule has 1 rings (SSSR count). The smallest absolute Gasteiger partial charge is 0.337 e. The lowest BCUT2D eigenvalue weighted by molar-refractivity contribution is -0.116. The fourth-order valence-corrected chi connectivity index (χ4v) is 2.75. The number of nitrogens with zero attached hydrogens (tertiary/aromatic N) is 1. The summed E-state index contributed by atoms with van der Waals surface area (Å²) in [6, 6.07) is 2.95. The first-order valence-corrected chi connectivity index (χ1v) is 9.62. The number of carboxylic acids is 1. The van der Waals surface area contributed by atoms with E-state index in [0.717, 1.165) is 12.8 Å². The van der Waals surface area contributed by atoms with Crippen molar-refractivity contribution >= 4 is 17.7 Å². The molecule has 1 amide bonds. The normalized spacial score (nSPS) is 10.6. The molecule has 0 aliphatic rings. The minimum atomic E-state index is -1.02. The first-order chi connectivity index (χ1) is 12.1. The molecular formula is C20H32N2O3. The largest absolute Gasteiger partial charge is 0.478 e. The van der Waals surface area contributed by atoms with Gasteiger partial charge < -0.3 is 10.4 Å². The number of aromatic nitrogens is 1. The van der Waals surface area contributed by atoms with Gasteiger partial charge in [-0.2, -0.15) is 0 Å². The van der Waals surface area contributed by atoms with Gasteiger partial charge in [-0.05, 0) is 18.6 Å². The maximum absolute atomic E-state index is 11.8. The van der Waals surface area contributed by atoms with Crippen molar-refractivity contribution in [3.63, 3.8) is 0 Å². The molecule has 25 heavy (non-hydrogen) atoms. The Morgan fingerprint density at radius 1 is 0.920 bits per heavy atom. The molecule has 0 spiro atoms. The van der Waals surface area contributed by atoms with Crippen molar-refractivity contribution in [3.05, 3.63) is 23.9 Å². The van der Waals surface area contributed by atoms with Gasteiger partial charge in [0.2, 0.25) is 5.91 Å². The predicted molar refractivity (Wildman–Crippen MR) is 101 cm³/mol. The molecule has 0 atom stereocenters. The summed E-state index contributed by atoms with van der Waals surface area (Å²) in [5, 5.41) is 11.5. The Balaban J connectivity index is 1.99. The van der Waals surface area contributed by atoms with E-state index in [-0.39, 0.29) is 11.5 Å². The van der Waals surface area contributed by atoms with E-state index in [1.807, 2.05) is 0 Å². The first-order valence-electron chi connectivity index (χ1n) is 9.62. The summed E-state index contributed by atoms with van der Waals surface area (Å²) in [7, 11) is 0. The summed E-state index contributed by atoms with van der Waals surface area (Å²) >= 11 is 0. The number of anilines is 1. The van der Waals surface area contributed by atoms with Gasteiger partial charge in [-0.15, -0.1) is 0 Å². The molecule has 5 nitrogen and oxygen atoms in total. The van der Waals surface area contributed by atoms with E-state index < -0.39 is 5.97 Å². The van der Waals surface area contributed by atoms with Crippen LogP contribution in [0.15, 0.2) is 18.3 Å². The molecule has 0 aliphatic heterocycles. The van der Waals surface area contributed by atoms with E-state index in [9.17, 15) is 9.59 Å². The summed E-state index contributed by atoms with van der Waals surface area (Å²) in [6.45, 7) is 2.24. The summed E-state index contributed by atoms with van der Waals surface area (Å²) in [6.07, 6.45) is 15.6. The lowest BCUT2D eigenvalue weighted by Gasteiger charge is -2.05. The Bertz CT molecular complexity index is 500. The zero-order valence-electron chi connectivity index (χ0n) is 15.4. The molecule has 0 bridgehead atoms. The zero-order valence-corrected chi connectivity index (χ0v) is 15.4. The topological polar surface area (TPSA) is 79.3 Å².